The van der Waals surface area contributed by atoms with Crippen LogP contribution in [-0.4, -0.2) is 42.5 Å². The highest BCUT2D eigenvalue weighted by atomic mass is 35.5. The average molecular weight is 486 g/mol. The molecule has 2 aromatic carbocycles. The average Bonchev–Trinajstić information content (AvgIpc) is 3.52. The Morgan fingerprint density at radius 3 is 2.70 bits per heavy atom. The van der Waals surface area contributed by atoms with E-state index in [1.807, 2.05) is 35.7 Å². The number of carbonyl (C=O) groups excluding carboxylic acids is 1. The van der Waals surface area contributed by atoms with E-state index in [9.17, 15) is 4.79 Å². The van der Waals surface area contributed by atoms with E-state index in [1.54, 1.807) is 19.2 Å². The predicted octanol–water partition coefficient (Wildman–Crippen LogP) is 4.88. The maximum atomic E-state index is 12.7. The van der Waals surface area contributed by atoms with Crippen molar-refractivity contribution in [3.63, 3.8) is 0 Å². The van der Waals surface area contributed by atoms with Gasteiger partial charge in [-0.2, -0.15) is 0 Å². The Bertz CT molecular complexity index is 1050. The lowest BCUT2D eigenvalue weighted by molar-refractivity contribution is -0.120. The molecule has 0 saturated carbocycles. The van der Waals surface area contributed by atoms with Crippen LogP contribution in [0, 0.1) is 0 Å². The van der Waals surface area contributed by atoms with Gasteiger partial charge < -0.3 is 14.8 Å². The number of para-hydroxylation sites is 1. The minimum Gasteiger partial charge on any atom is -0.496 e. The molecule has 3 aromatic rings. The third-order valence-corrected chi connectivity index (χ3v) is 6.81. The molecule has 1 N–H and O–H groups in total. The zero-order valence-electron chi connectivity index (χ0n) is 18.6. The van der Waals surface area contributed by atoms with E-state index >= 15 is 0 Å². The molecule has 6 nitrogen and oxygen atoms in total. The quantitative estimate of drug-likeness (QED) is 0.443. The van der Waals surface area contributed by atoms with E-state index < -0.39 is 0 Å². The molecule has 0 spiro atoms. The highest BCUT2D eigenvalue weighted by Gasteiger charge is 2.26. The second-order valence-corrected chi connectivity index (χ2v) is 9.34. The number of aromatic nitrogens is 1. The highest BCUT2D eigenvalue weighted by molar-refractivity contribution is 7.09. The molecule has 174 valence electrons. The monoisotopic (exact) mass is 485 g/mol. The number of carbonyl (C=O) groups is 1. The van der Waals surface area contributed by atoms with Crippen molar-refractivity contribution in [2.75, 3.05) is 26.7 Å². The number of thiazole rings is 1. The van der Waals surface area contributed by atoms with Gasteiger partial charge in [0, 0.05) is 22.5 Å². The third kappa shape index (κ3) is 6.47. The van der Waals surface area contributed by atoms with Crippen LogP contribution < -0.4 is 14.8 Å². The second kappa shape index (κ2) is 11.5. The second-order valence-electron chi connectivity index (χ2n) is 7.96. The fourth-order valence-electron chi connectivity index (χ4n) is 4.04. The van der Waals surface area contributed by atoms with Gasteiger partial charge in [0.2, 0.25) is 5.91 Å². The SMILES string of the molecule is COc1ccccc1C(CNC(=O)Cc1csc(COc2ccc(Cl)cc2)n1)N1CCCC1. The summed E-state index contributed by atoms with van der Waals surface area (Å²) in [6.45, 7) is 2.96. The lowest BCUT2D eigenvalue weighted by atomic mass is 10.0. The van der Waals surface area contributed by atoms with Crippen molar-refractivity contribution < 1.29 is 14.3 Å². The highest BCUT2D eigenvalue weighted by Crippen LogP contribution is 2.31. The number of benzene rings is 2. The molecule has 1 amide bonds. The molecular weight excluding hydrogens is 458 g/mol. The Morgan fingerprint density at radius 2 is 1.94 bits per heavy atom. The largest absolute Gasteiger partial charge is 0.496 e. The van der Waals surface area contributed by atoms with Crippen LogP contribution >= 0.6 is 22.9 Å². The molecule has 0 radical (unpaired) electrons. The van der Waals surface area contributed by atoms with Gasteiger partial charge in [-0.3, -0.25) is 9.69 Å². The van der Waals surface area contributed by atoms with E-state index in [2.05, 4.69) is 21.3 Å². The number of hydrogen-bond acceptors (Lipinski definition) is 6. The first-order valence-corrected chi connectivity index (χ1v) is 12.3. The standard InChI is InChI=1S/C25H28ClN3O3S/c1-31-23-7-3-2-6-21(23)22(29-12-4-5-13-29)15-27-24(30)14-19-17-33-25(28-19)16-32-20-10-8-18(26)9-11-20/h2-3,6-11,17,22H,4-5,12-16H2,1H3,(H,27,30). The van der Waals surface area contributed by atoms with Crippen molar-refractivity contribution in [1.29, 1.82) is 0 Å². The first-order valence-electron chi connectivity index (χ1n) is 11.1. The van der Waals surface area contributed by atoms with Gasteiger partial charge in [0.15, 0.2) is 0 Å². The fraction of sp³-hybridized carbons (Fsp3) is 0.360. The van der Waals surface area contributed by atoms with Gasteiger partial charge in [0.1, 0.15) is 23.1 Å². The Kier molecular flexibility index (Phi) is 8.20. The number of ether oxygens (including phenoxy) is 2. The summed E-state index contributed by atoms with van der Waals surface area (Å²) in [5.74, 6) is 1.55. The summed E-state index contributed by atoms with van der Waals surface area (Å²) in [5.41, 5.74) is 1.86. The molecule has 1 aromatic heterocycles. The summed E-state index contributed by atoms with van der Waals surface area (Å²) in [5, 5.41) is 6.53. The third-order valence-electron chi connectivity index (χ3n) is 5.69. The molecule has 1 aliphatic rings. The number of nitrogens with one attached hydrogen (secondary N) is 1. The van der Waals surface area contributed by atoms with Gasteiger partial charge in [-0.25, -0.2) is 4.98 Å². The number of likely N-dealkylation sites (tertiary alicyclic amines) is 1. The lowest BCUT2D eigenvalue weighted by Crippen LogP contribution is -2.37. The number of hydrogen-bond donors (Lipinski definition) is 1. The van der Waals surface area contributed by atoms with Crippen molar-refractivity contribution in [2.24, 2.45) is 0 Å². The molecule has 8 heteroatoms. The van der Waals surface area contributed by atoms with Crippen molar-refractivity contribution in [3.05, 3.63) is 75.2 Å². The van der Waals surface area contributed by atoms with Crippen LogP contribution in [0.4, 0.5) is 0 Å². The zero-order valence-corrected chi connectivity index (χ0v) is 20.2. The van der Waals surface area contributed by atoms with Crippen LogP contribution in [0.25, 0.3) is 0 Å². The van der Waals surface area contributed by atoms with E-state index in [1.165, 1.54) is 24.2 Å². The summed E-state index contributed by atoms with van der Waals surface area (Å²) in [6.07, 6.45) is 2.61. The summed E-state index contributed by atoms with van der Waals surface area (Å²) < 4.78 is 11.3. The minimum atomic E-state index is -0.0374. The Morgan fingerprint density at radius 1 is 1.18 bits per heavy atom. The van der Waals surface area contributed by atoms with Crippen LogP contribution in [0.15, 0.2) is 53.9 Å². The van der Waals surface area contributed by atoms with Gasteiger partial charge in [-0.1, -0.05) is 29.8 Å². The molecule has 1 unspecified atom stereocenters. The molecule has 4 rings (SSSR count). The Hall–Kier alpha value is -2.61. The Labute approximate surface area is 203 Å². The summed E-state index contributed by atoms with van der Waals surface area (Å²) in [4.78, 5) is 19.7. The van der Waals surface area contributed by atoms with E-state index in [0.717, 1.165) is 40.9 Å². The molecule has 1 saturated heterocycles. The molecule has 0 aliphatic carbocycles. The maximum Gasteiger partial charge on any atom is 0.226 e. The number of rotatable bonds is 10. The first kappa shape index (κ1) is 23.5. The van der Waals surface area contributed by atoms with Gasteiger partial charge in [0.05, 0.1) is 25.3 Å². The summed E-state index contributed by atoms with van der Waals surface area (Å²) >= 11 is 7.39. The number of nitrogens with zero attached hydrogens (tertiary/aromatic N) is 2. The number of methoxy groups -OCH3 is 1. The van der Waals surface area contributed by atoms with Crippen molar-refractivity contribution in [1.82, 2.24) is 15.2 Å². The minimum absolute atomic E-state index is 0.0374. The molecule has 1 atom stereocenters. The van der Waals surface area contributed by atoms with Crippen molar-refractivity contribution in [2.45, 2.75) is 31.9 Å². The smallest absolute Gasteiger partial charge is 0.226 e. The molecule has 33 heavy (non-hydrogen) atoms. The zero-order chi connectivity index (χ0) is 23.0. The maximum absolute atomic E-state index is 12.7. The van der Waals surface area contributed by atoms with Crippen LogP contribution in [-0.2, 0) is 17.8 Å². The van der Waals surface area contributed by atoms with E-state index in [0.29, 0.717) is 18.2 Å². The van der Waals surface area contributed by atoms with Crippen molar-refractivity contribution in [3.8, 4) is 11.5 Å². The topological polar surface area (TPSA) is 63.7 Å². The van der Waals surface area contributed by atoms with E-state index in [4.69, 9.17) is 21.1 Å². The molecule has 1 fully saturated rings. The number of halogens is 1. The summed E-state index contributed by atoms with van der Waals surface area (Å²) in [6, 6.07) is 15.4. The fourth-order valence-corrected chi connectivity index (χ4v) is 4.87. The van der Waals surface area contributed by atoms with Crippen LogP contribution in [0.5, 0.6) is 11.5 Å². The van der Waals surface area contributed by atoms with Gasteiger partial charge in [-0.05, 0) is 56.3 Å². The van der Waals surface area contributed by atoms with Crippen molar-refractivity contribution >= 4 is 28.8 Å². The van der Waals surface area contributed by atoms with E-state index in [-0.39, 0.29) is 18.4 Å². The van der Waals surface area contributed by atoms with Gasteiger partial charge in [-0.15, -0.1) is 11.3 Å². The Balaban J connectivity index is 1.32. The molecule has 1 aliphatic heterocycles. The van der Waals surface area contributed by atoms with Gasteiger partial charge in [0.25, 0.3) is 0 Å². The van der Waals surface area contributed by atoms with Crippen LogP contribution in [0.3, 0.4) is 0 Å². The number of amides is 1. The predicted molar refractivity (Wildman–Crippen MR) is 131 cm³/mol. The van der Waals surface area contributed by atoms with Crippen LogP contribution in [0.2, 0.25) is 5.02 Å². The first-order chi connectivity index (χ1) is 16.1. The molecular formula is C25H28ClN3O3S. The normalized spacial score (nSPS) is 14.7. The van der Waals surface area contributed by atoms with Crippen LogP contribution in [0.1, 0.15) is 35.1 Å². The molecule has 0 bridgehead atoms. The van der Waals surface area contributed by atoms with Gasteiger partial charge >= 0.3 is 0 Å². The molecule has 2 heterocycles. The lowest BCUT2D eigenvalue weighted by Gasteiger charge is -2.29. The summed E-state index contributed by atoms with van der Waals surface area (Å²) in [7, 11) is 1.69.